The maximum absolute atomic E-state index is 5.87. The van der Waals surface area contributed by atoms with Gasteiger partial charge in [-0.3, -0.25) is 4.90 Å². The molecule has 0 unspecified atom stereocenters. The van der Waals surface area contributed by atoms with Crippen molar-refractivity contribution in [3.05, 3.63) is 21.9 Å². The monoisotopic (exact) mass is 338 g/mol. The van der Waals surface area contributed by atoms with E-state index in [4.69, 9.17) is 9.47 Å². The lowest BCUT2D eigenvalue weighted by Crippen LogP contribution is -2.39. The van der Waals surface area contributed by atoms with Gasteiger partial charge in [-0.05, 0) is 16.8 Å². The number of aromatic nitrogens is 5. The van der Waals surface area contributed by atoms with Crippen LogP contribution in [0.5, 0.6) is 0 Å². The van der Waals surface area contributed by atoms with Gasteiger partial charge in [0.2, 0.25) is 0 Å². The molecule has 0 radical (unpaired) electrons. The summed E-state index contributed by atoms with van der Waals surface area (Å²) in [6, 6.07) is 0. The van der Waals surface area contributed by atoms with Crippen LogP contribution >= 0.6 is 11.3 Å². The molecule has 126 valence electrons. The lowest BCUT2D eigenvalue weighted by Gasteiger charge is -2.31. The first-order valence-corrected chi connectivity index (χ1v) is 8.70. The van der Waals surface area contributed by atoms with Crippen molar-refractivity contribution in [1.82, 2.24) is 30.1 Å². The maximum atomic E-state index is 5.87. The van der Waals surface area contributed by atoms with Crippen molar-refractivity contribution in [3.8, 4) is 0 Å². The largest absolute Gasteiger partial charge is 0.383 e. The van der Waals surface area contributed by atoms with Crippen molar-refractivity contribution in [2.24, 2.45) is 0 Å². The lowest BCUT2D eigenvalue weighted by molar-refractivity contribution is -0.0399. The molecule has 9 heteroatoms. The zero-order valence-corrected chi connectivity index (χ0v) is 14.3. The fraction of sp³-hybridized carbons (Fsp3) is 0.714. The van der Waals surface area contributed by atoms with Crippen molar-refractivity contribution in [2.75, 3.05) is 33.4 Å². The van der Waals surface area contributed by atoms with Crippen LogP contribution in [-0.2, 0) is 29.0 Å². The number of ether oxygens (including phenoxy) is 2. The number of hydrogen-bond acceptors (Lipinski definition) is 8. The molecule has 1 aliphatic heterocycles. The summed E-state index contributed by atoms with van der Waals surface area (Å²) in [5, 5.41) is 15.3. The quantitative estimate of drug-likeness (QED) is 0.742. The van der Waals surface area contributed by atoms with Gasteiger partial charge in [0.05, 0.1) is 30.5 Å². The number of aryl methyl sites for hydroxylation is 1. The molecule has 0 bridgehead atoms. The second-order valence-electron chi connectivity index (χ2n) is 5.43. The van der Waals surface area contributed by atoms with E-state index >= 15 is 0 Å². The number of methoxy groups -OCH3 is 1. The van der Waals surface area contributed by atoms with Crippen molar-refractivity contribution in [3.63, 3.8) is 0 Å². The van der Waals surface area contributed by atoms with E-state index in [1.54, 1.807) is 23.1 Å². The molecule has 1 saturated heterocycles. The van der Waals surface area contributed by atoms with E-state index in [2.05, 4.69) is 37.7 Å². The number of morpholine rings is 1. The highest BCUT2D eigenvalue weighted by Crippen LogP contribution is 2.22. The predicted molar refractivity (Wildman–Crippen MR) is 85.2 cm³/mol. The standard InChI is InChI=1S/C14H22N6O2S/c1-3-13-15-11(10-23-13)8-19-4-7-22-12(9-19)14-16-17-18-20(14)5-6-21-2/h10,12H,3-9H2,1-2H3/t12-/m1/s1. The summed E-state index contributed by atoms with van der Waals surface area (Å²) in [4.78, 5) is 6.99. The van der Waals surface area contributed by atoms with Crippen molar-refractivity contribution >= 4 is 11.3 Å². The molecule has 0 aromatic carbocycles. The third-order valence-corrected chi connectivity index (χ3v) is 4.83. The van der Waals surface area contributed by atoms with E-state index in [-0.39, 0.29) is 6.10 Å². The van der Waals surface area contributed by atoms with Crippen LogP contribution in [0.15, 0.2) is 5.38 Å². The predicted octanol–water partition coefficient (Wildman–Crippen LogP) is 0.912. The van der Waals surface area contributed by atoms with Crippen LogP contribution in [0.4, 0.5) is 0 Å². The van der Waals surface area contributed by atoms with E-state index in [1.165, 1.54) is 5.01 Å². The van der Waals surface area contributed by atoms with Gasteiger partial charge in [0, 0.05) is 32.1 Å². The third-order valence-electron chi connectivity index (χ3n) is 3.79. The molecule has 0 spiro atoms. The molecule has 23 heavy (non-hydrogen) atoms. The molecular weight excluding hydrogens is 316 g/mol. The number of tetrazole rings is 1. The SMILES string of the molecule is CCc1nc(CN2CCO[C@@H](c3nnnn3CCOC)C2)cs1. The van der Waals surface area contributed by atoms with Gasteiger partial charge >= 0.3 is 0 Å². The van der Waals surface area contributed by atoms with Gasteiger partial charge in [-0.2, -0.15) is 0 Å². The Bertz CT molecular complexity index is 616. The van der Waals surface area contributed by atoms with E-state index in [0.29, 0.717) is 19.8 Å². The number of rotatable bonds is 7. The first-order valence-electron chi connectivity index (χ1n) is 7.82. The summed E-state index contributed by atoms with van der Waals surface area (Å²) in [6.07, 6.45) is 0.880. The normalized spacial score (nSPS) is 19.3. The lowest BCUT2D eigenvalue weighted by atomic mass is 10.2. The van der Waals surface area contributed by atoms with Crippen LogP contribution in [0.2, 0.25) is 0 Å². The van der Waals surface area contributed by atoms with Crippen LogP contribution in [0.25, 0.3) is 0 Å². The average molecular weight is 338 g/mol. The molecular formula is C14H22N6O2S. The van der Waals surface area contributed by atoms with E-state index in [0.717, 1.165) is 37.6 Å². The minimum Gasteiger partial charge on any atom is -0.383 e. The van der Waals surface area contributed by atoms with Crippen LogP contribution in [-0.4, -0.2) is 63.5 Å². The van der Waals surface area contributed by atoms with Gasteiger partial charge in [0.15, 0.2) is 5.82 Å². The van der Waals surface area contributed by atoms with Gasteiger partial charge in [-0.25, -0.2) is 9.67 Å². The average Bonchev–Trinajstić information content (AvgIpc) is 3.22. The molecule has 1 atom stereocenters. The molecule has 2 aromatic rings. The fourth-order valence-corrected chi connectivity index (χ4v) is 3.33. The van der Waals surface area contributed by atoms with E-state index in [9.17, 15) is 0 Å². The Morgan fingerprint density at radius 1 is 1.48 bits per heavy atom. The Labute approximate surface area is 139 Å². The molecule has 1 fully saturated rings. The highest BCUT2D eigenvalue weighted by molar-refractivity contribution is 7.09. The van der Waals surface area contributed by atoms with Gasteiger partial charge in [0.25, 0.3) is 0 Å². The van der Waals surface area contributed by atoms with Crippen LogP contribution in [0.1, 0.15) is 29.6 Å². The molecule has 3 rings (SSSR count). The van der Waals surface area contributed by atoms with Gasteiger partial charge < -0.3 is 9.47 Å². The Morgan fingerprint density at radius 3 is 3.17 bits per heavy atom. The molecule has 0 N–H and O–H groups in total. The molecule has 0 saturated carbocycles. The summed E-state index contributed by atoms with van der Waals surface area (Å²) in [6.45, 7) is 6.52. The maximum Gasteiger partial charge on any atom is 0.181 e. The van der Waals surface area contributed by atoms with Crippen LogP contribution < -0.4 is 0 Å². The van der Waals surface area contributed by atoms with Gasteiger partial charge in [-0.1, -0.05) is 6.92 Å². The number of hydrogen-bond donors (Lipinski definition) is 0. The van der Waals surface area contributed by atoms with Crippen molar-refractivity contribution < 1.29 is 9.47 Å². The summed E-state index contributed by atoms with van der Waals surface area (Å²) < 4.78 is 12.7. The molecule has 0 aliphatic carbocycles. The summed E-state index contributed by atoms with van der Waals surface area (Å²) in [5.41, 5.74) is 1.13. The van der Waals surface area contributed by atoms with Crippen LogP contribution in [0.3, 0.4) is 0 Å². The smallest absolute Gasteiger partial charge is 0.181 e. The number of nitrogens with zero attached hydrogens (tertiary/aromatic N) is 6. The fourth-order valence-electron chi connectivity index (χ4n) is 2.59. The first kappa shape index (κ1) is 16.4. The molecule has 3 heterocycles. The summed E-state index contributed by atoms with van der Waals surface area (Å²) in [7, 11) is 1.67. The zero-order valence-electron chi connectivity index (χ0n) is 13.5. The topological polar surface area (TPSA) is 78.2 Å². The minimum absolute atomic E-state index is 0.111. The van der Waals surface area contributed by atoms with Gasteiger partial charge in [0.1, 0.15) is 6.10 Å². The van der Waals surface area contributed by atoms with E-state index in [1.807, 2.05) is 0 Å². The molecule has 1 aliphatic rings. The molecule has 8 nitrogen and oxygen atoms in total. The van der Waals surface area contributed by atoms with E-state index < -0.39 is 0 Å². The Hall–Kier alpha value is -1.42. The number of thiazole rings is 1. The molecule has 2 aromatic heterocycles. The molecule has 0 amide bonds. The van der Waals surface area contributed by atoms with Crippen molar-refractivity contribution in [1.29, 1.82) is 0 Å². The second-order valence-corrected chi connectivity index (χ2v) is 6.38. The Morgan fingerprint density at radius 2 is 2.39 bits per heavy atom. The Balaban J connectivity index is 1.62. The summed E-state index contributed by atoms with van der Waals surface area (Å²) in [5.74, 6) is 0.763. The van der Waals surface area contributed by atoms with Gasteiger partial charge in [-0.15, -0.1) is 16.4 Å². The second kappa shape index (κ2) is 7.91. The first-order chi connectivity index (χ1) is 11.3. The van der Waals surface area contributed by atoms with Crippen molar-refractivity contribution in [2.45, 2.75) is 32.5 Å². The highest BCUT2D eigenvalue weighted by Gasteiger charge is 2.27. The third kappa shape index (κ3) is 4.11. The zero-order chi connectivity index (χ0) is 16.1. The summed E-state index contributed by atoms with van der Waals surface area (Å²) >= 11 is 1.73. The van der Waals surface area contributed by atoms with Crippen LogP contribution in [0, 0.1) is 0 Å². The minimum atomic E-state index is -0.111. The highest BCUT2D eigenvalue weighted by atomic mass is 32.1. The Kier molecular flexibility index (Phi) is 5.65.